The number of halogens is 2. The molecule has 0 bridgehead atoms. The first-order valence-corrected chi connectivity index (χ1v) is 7.64. The van der Waals surface area contributed by atoms with Crippen molar-refractivity contribution in [2.24, 2.45) is 4.99 Å². The summed E-state index contributed by atoms with van der Waals surface area (Å²) in [4.78, 5) is 16.7. The summed E-state index contributed by atoms with van der Waals surface area (Å²) < 4.78 is 26.1. The molecular formula is C17H12F2N2OS. The van der Waals surface area contributed by atoms with Crippen LogP contribution in [-0.4, -0.2) is 11.1 Å². The number of amides is 1. The molecule has 1 heterocycles. The van der Waals surface area contributed by atoms with E-state index in [1.165, 1.54) is 12.1 Å². The molecule has 3 rings (SSSR count). The number of hydrogen-bond donors (Lipinski definition) is 1. The lowest BCUT2D eigenvalue weighted by Gasteiger charge is -1.97. The van der Waals surface area contributed by atoms with Gasteiger partial charge in [0.1, 0.15) is 0 Å². The van der Waals surface area contributed by atoms with Gasteiger partial charge in [-0.1, -0.05) is 18.2 Å². The first-order valence-electron chi connectivity index (χ1n) is 6.82. The van der Waals surface area contributed by atoms with Crippen molar-refractivity contribution in [3.63, 3.8) is 0 Å². The van der Waals surface area contributed by atoms with Gasteiger partial charge in [-0.05, 0) is 60.2 Å². The van der Waals surface area contributed by atoms with E-state index in [2.05, 4.69) is 10.3 Å². The van der Waals surface area contributed by atoms with Gasteiger partial charge in [0.05, 0.1) is 10.6 Å². The summed E-state index contributed by atoms with van der Waals surface area (Å²) in [5.41, 5.74) is 2.22. The molecule has 1 saturated heterocycles. The number of nitrogens with zero attached hydrogens (tertiary/aromatic N) is 1. The highest BCUT2D eigenvalue weighted by Crippen LogP contribution is 2.28. The molecule has 2 aromatic carbocycles. The fourth-order valence-corrected chi connectivity index (χ4v) is 2.89. The van der Waals surface area contributed by atoms with Crippen LogP contribution in [-0.2, 0) is 4.79 Å². The number of amidine groups is 1. The zero-order valence-electron chi connectivity index (χ0n) is 12.1. The molecular weight excluding hydrogens is 318 g/mol. The number of nitrogens with one attached hydrogen (secondary N) is 1. The number of carbonyl (C=O) groups is 1. The summed E-state index contributed by atoms with van der Waals surface area (Å²) in [7, 11) is 0. The van der Waals surface area contributed by atoms with Gasteiger partial charge in [-0.15, -0.1) is 0 Å². The Hall–Kier alpha value is -2.47. The second-order valence-electron chi connectivity index (χ2n) is 4.99. The summed E-state index contributed by atoms with van der Waals surface area (Å²) >= 11 is 1.16. The van der Waals surface area contributed by atoms with Gasteiger partial charge in [0.25, 0.3) is 5.91 Å². The molecule has 1 N–H and O–H groups in total. The minimum absolute atomic E-state index is 0.314. The molecule has 1 aliphatic heterocycles. The minimum atomic E-state index is -0.948. The van der Waals surface area contributed by atoms with Crippen molar-refractivity contribution < 1.29 is 13.6 Å². The third-order valence-electron chi connectivity index (χ3n) is 3.12. The van der Waals surface area contributed by atoms with Crippen LogP contribution in [0.25, 0.3) is 6.08 Å². The molecule has 0 unspecified atom stereocenters. The van der Waals surface area contributed by atoms with Crippen LogP contribution in [0.1, 0.15) is 11.1 Å². The van der Waals surface area contributed by atoms with Gasteiger partial charge in [-0.3, -0.25) is 4.79 Å². The Bertz CT molecular complexity index is 846. The highest BCUT2D eigenvalue weighted by molar-refractivity contribution is 8.18. The average molecular weight is 330 g/mol. The van der Waals surface area contributed by atoms with Crippen LogP contribution in [0.3, 0.4) is 0 Å². The predicted octanol–water partition coefficient (Wildman–Crippen LogP) is 4.16. The van der Waals surface area contributed by atoms with Crippen molar-refractivity contribution >= 4 is 34.6 Å². The third kappa shape index (κ3) is 3.65. The molecule has 6 heteroatoms. The van der Waals surface area contributed by atoms with Crippen LogP contribution in [0.5, 0.6) is 0 Å². The van der Waals surface area contributed by atoms with Crippen LogP contribution in [0.2, 0.25) is 0 Å². The smallest absolute Gasteiger partial charge is 0.264 e. The maximum Gasteiger partial charge on any atom is 0.264 e. The van der Waals surface area contributed by atoms with E-state index in [4.69, 9.17) is 0 Å². The van der Waals surface area contributed by atoms with E-state index in [9.17, 15) is 13.6 Å². The molecule has 0 aromatic heterocycles. The van der Waals surface area contributed by atoms with Crippen molar-refractivity contribution in [3.05, 3.63) is 70.1 Å². The molecule has 0 radical (unpaired) electrons. The molecule has 0 saturated carbocycles. The molecule has 0 atom stereocenters. The molecule has 1 amide bonds. The molecule has 1 fully saturated rings. The van der Waals surface area contributed by atoms with Crippen LogP contribution in [0.4, 0.5) is 14.5 Å². The van der Waals surface area contributed by atoms with Gasteiger partial charge >= 0.3 is 0 Å². The van der Waals surface area contributed by atoms with E-state index in [0.29, 0.717) is 15.6 Å². The Morgan fingerprint density at radius 2 is 1.96 bits per heavy atom. The summed E-state index contributed by atoms with van der Waals surface area (Å²) in [5.74, 6) is -2.18. The topological polar surface area (TPSA) is 41.5 Å². The third-order valence-corrected chi connectivity index (χ3v) is 4.03. The number of aryl methyl sites for hydroxylation is 1. The van der Waals surface area contributed by atoms with E-state index in [1.54, 1.807) is 0 Å². The lowest BCUT2D eigenvalue weighted by atomic mass is 10.2. The van der Waals surface area contributed by atoms with Crippen molar-refractivity contribution in [1.29, 1.82) is 0 Å². The molecule has 23 heavy (non-hydrogen) atoms. The number of benzene rings is 2. The number of hydrogen-bond acceptors (Lipinski definition) is 3. The van der Waals surface area contributed by atoms with E-state index >= 15 is 0 Å². The second kappa shape index (κ2) is 6.34. The first kappa shape index (κ1) is 15.4. The van der Waals surface area contributed by atoms with E-state index in [-0.39, 0.29) is 5.91 Å². The van der Waals surface area contributed by atoms with Crippen molar-refractivity contribution in [2.45, 2.75) is 6.92 Å². The molecule has 1 aliphatic rings. The zero-order valence-corrected chi connectivity index (χ0v) is 13.0. The van der Waals surface area contributed by atoms with Gasteiger partial charge in [0.2, 0.25) is 0 Å². The normalized spacial score (nSPS) is 17.8. The summed E-state index contributed by atoms with van der Waals surface area (Å²) in [6.07, 6.45) is 1.50. The largest absolute Gasteiger partial charge is 0.300 e. The van der Waals surface area contributed by atoms with Crippen LogP contribution in [0.15, 0.2) is 52.4 Å². The SMILES string of the molecule is Cc1cccc(N=C2NC(=O)C(=Cc3ccc(F)c(F)c3)S2)c1. The highest BCUT2D eigenvalue weighted by atomic mass is 32.2. The quantitative estimate of drug-likeness (QED) is 0.840. The fraction of sp³-hybridized carbons (Fsp3) is 0.0588. The van der Waals surface area contributed by atoms with Gasteiger partial charge in [-0.25, -0.2) is 13.8 Å². The lowest BCUT2D eigenvalue weighted by molar-refractivity contribution is -0.115. The van der Waals surface area contributed by atoms with Crippen LogP contribution >= 0.6 is 11.8 Å². The van der Waals surface area contributed by atoms with Gasteiger partial charge < -0.3 is 5.32 Å². The van der Waals surface area contributed by atoms with E-state index < -0.39 is 11.6 Å². The fourth-order valence-electron chi connectivity index (χ4n) is 2.05. The van der Waals surface area contributed by atoms with Gasteiger partial charge in [0.15, 0.2) is 16.8 Å². The average Bonchev–Trinajstić information content (AvgIpc) is 2.83. The Kier molecular flexibility index (Phi) is 4.25. The lowest BCUT2D eigenvalue weighted by Crippen LogP contribution is -2.19. The van der Waals surface area contributed by atoms with Crippen molar-refractivity contribution in [1.82, 2.24) is 5.32 Å². The van der Waals surface area contributed by atoms with Gasteiger partial charge in [-0.2, -0.15) is 0 Å². The Balaban J connectivity index is 1.84. The Morgan fingerprint density at radius 1 is 1.13 bits per heavy atom. The molecule has 0 aliphatic carbocycles. The van der Waals surface area contributed by atoms with E-state index in [1.807, 2.05) is 31.2 Å². The number of rotatable bonds is 2. The summed E-state index contributed by atoms with van der Waals surface area (Å²) in [6, 6.07) is 11.1. The van der Waals surface area contributed by atoms with E-state index in [0.717, 1.165) is 35.1 Å². The second-order valence-corrected chi connectivity index (χ2v) is 6.02. The molecule has 2 aromatic rings. The Labute approximate surface area is 136 Å². The minimum Gasteiger partial charge on any atom is -0.300 e. The Morgan fingerprint density at radius 3 is 2.70 bits per heavy atom. The van der Waals surface area contributed by atoms with Gasteiger partial charge in [0, 0.05) is 0 Å². The first-order chi connectivity index (χ1) is 11.0. The monoisotopic (exact) mass is 330 g/mol. The van der Waals surface area contributed by atoms with Crippen LogP contribution < -0.4 is 5.32 Å². The maximum absolute atomic E-state index is 13.2. The van der Waals surface area contributed by atoms with Crippen molar-refractivity contribution in [3.8, 4) is 0 Å². The summed E-state index contributed by atoms with van der Waals surface area (Å²) in [5, 5.41) is 3.11. The number of thioether (sulfide) groups is 1. The summed E-state index contributed by atoms with van der Waals surface area (Å²) in [6.45, 7) is 1.96. The highest BCUT2D eigenvalue weighted by Gasteiger charge is 2.23. The predicted molar refractivity (Wildman–Crippen MR) is 88.3 cm³/mol. The molecule has 3 nitrogen and oxygen atoms in total. The number of carbonyl (C=O) groups excluding carboxylic acids is 1. The van der Waals surface area contributed by atoms with Crippen LogP contribution in [0, 0.1) is 18.6 Å². The molecule has 116 valence electrons. The zero-order chi connectivity index (χ0) is 16.4. The molecule has 0 spiro atoms. The maximum atomic E-state index is 13.2. The standard InChI is InChI=1S/C17H12F2N2OS/c1-10-3-2-4-12(7-10)20-17-21-16(22)15(23-17)9-11-5-6-13(18)14(19)8-11/h2-9H,1H3,(H,20,21,22). The van der Waals surface area contributed by atoms with Crippen molar-refractivity contribution in [2.75, 3.05) is 0 Å². The number of aliphatic imine (C=N–C) groups is 1.